The molecule has 0 aliphatic carbocycles. The van der Waals surface area contributed by atoms with Gasteiger partial charge in [-0.25, -0.2) is 0 Å². The molecule has 0 unspecified atom stereocenters. The van der Waals surface area contributed by atoms with E-state index >= 15 is 0 Å². The summed E-state index contributed by atoms with van der Waals surface area (Å²) < 4.78 is 0. The first kappa shape index (κ1) is 18.5. The molecule has 0 saturated heterocycles. The normalized spacial score (nSPS) is 8.53. The third-order valence-electron chi connectivity index (χ3n) is 1.92. The van der Waals surface area contributed by atoms with Crippen LogP contribution in [0.25, 0.3) is 0 Å². The van der Waals surface area contributed by atoms with Crippen LogP contribution in [-0.4, -0.2) is 19.6 Å². The van der Waals surface area contributed by atoms with E-state index in [1.165, 1.54) is 5.56 Å². The van der Waals surface area contributed by atoms with Crippen LogP contribution in [0.4, 0.5) is 0 Å². The summed E-state index contributed by atoms with van der Waals surface area (Å²) in [6.07, 6.45) is 0. The van der Waals surface area contributed by atoms with Crippen molar-refractivity contribution in [3.8, 4) is 0 Å². The highest BCUT2D eigenvalue weighted by Crippen LogP contribution is 1.96. The molecule has 0 radical (unpaired) electrons. The van der Waals surface area contributed by atoms with Crippen LogP contribution < -0.4 is 10.6 Å². The smallest absolute Gasteiger partial charge is 0.0205 e. The number of rotatable bonds is 5. The molecule has 0 saturated carbocycles. The Morgan fingerprint density at radius 2 is 1.24 bits per heavy atom. The van der Waals surface area contributed by atoms with E-state index < -0.39 is 0 Å². The molecule has 0 amide bonds. The van der Waals surface area contributed by atoms with Gasteiger partial charge in [-0.1, -0.05) is 65.0 Å². The molecule has 0 spiro atoms. The van der Waals surface area contributed by atoms with Gasteiger partial charge in [-0.05, 0) is 25.2 Å². The Hall–Kier alpha value is -0.860. The maximum Gasteiger partial charge on any atom is 0.0205 e. The monoisotopic (exact) mass is 238 g/mol. The van der Waals surface area contributed by atoms with Crippen LogP contribution >= 0.6 is 0 Å². The summed E-state index contributed by atoms with van der Waals surface area (Å²) in [4.78, 5) is 0. The maximum atomic E-state index is 3.26. The first-order valence-electron chi connectivity index (χ1n) is 6.80. The van der Waals surface area contributed by atoms with Gasteiger partial charge in [0.1, 0.15) is 0 Å². The highest BCUT2D eigenvalue weighted by atomic mass is 14.8. The highest BCUT2D eigenvalue weighted by Gasteiger charge is 1.85. The van der Waals surface area contributed by atoms with Crippen molar-refractivity contribution in [3.05, 3.63) is 35.9 Å². The van der Waals surface area contributed by atoms with Crippen molar-refractivity contribution < 1.29 is 0 Å². The topological polar surface area (TPSA) is 24.1 Å². The third-order valence-corrected chi connectivity index (χ3v) is 1.92. The van der Waals surface area contributed by atoms with Crippen LogP contribution in [0, 0.1) is 0 Å². The highest BCUT2D eigenvalue weighted by molar-refractivity contribution is 5.14. The second-order valence-electron chi connectivity index (χ2n) is 3.22. The molecule has 1 rings (SSSR count). The fraction of sp³-hybridized carbons (Fsp3) is 0.600. The van der Waals surface area contributed by atoms with E-state index in [0.29, 0.717) is 0 Å². The zero-order chi connectivity index (χ0) is 13.4. The third kappa shape index (κ3) is 15.1. The Bertz CT molecular complexity index is 207. The molecule has 17 heavy (non-hydrogen) atoms. The van der Waals surface area contributed by atoms with Crippen molar-refractivity contribution in [2.24, 2.45) is 0 Å². The minimum Gasteiger partial charge on any atom is -0.317 e. The van der Waals surface area contributed by atoms with Crippen LogP contribution in [-0.2, 0) is 6.54 Å². The molecule has 2 N–H and O–H groups in total. The van der Waals surface area contributed by atoms with Crippen molar-refractivity contribution >= 4 is 0 Å². The first-order valence-corrected chi connectivity index (χ1v) is 6.80. The minimum absolute atomic E-state index is 0.983. The lowest BCUT2D eigenvalue weighted by molar-refractivity contribution is 0.727. The molecular formula is C15H30N2. The maximum absolute atomic E-state index is 3.26. The van der Waals surface area contributed by atoms with Crippen LogP contribution in [0.1, 0.15) is 40.2 Å². The quantitative estimate of drug-likeness (QED) is 0.821. The summed E-state index contributed by atoms with van der Waals surface area (Å²) in [5, 5.41) is 6.38. The van der Waals surface area contributed by atoms with Gasteiger partial charge in [0.2, 0.25) is 0 Å². The van der Waals surface area contributed by atoms with Gasteiger partial charge in [-0.3, -0.25) is 0 Å². The van der Waals surface area contributed by atoms with Gasteiger partial charge in [0.05, 0.1) is 0 Å². The van der Waals surface area contributed by atoms with E-state index in [4.69, 9.17) is 0 Å². The van der Waals surface area contributed by atoms with E-state index in [9.17, 15) is 0 Å². The molecule has 0 heterocycles. The van der Waals surface area contributed by atoms with E-state index in [2.05, 4.69) is 55.7 Å². The molecule has 2 heteroatoms. The lowest BCUT2D eigenvalue weighted by atomic mass is 10.2. The molecule has 0 aliphatic heterocycles. The molecule has 0 fully saturated rings. The van der Waals surface area contributed by atoms with Crippen LogP contribution in [0.2, 0.25) is 0 Å². The zero-order valence-corrected chi connectivity index (χ0v) is 12.2. The first-order chi connectivity index (χ1) is 8.35. The summed E-state index contributed by atoms with van der Waals surface area (Å²) in [6, 6.07) is 10.4. The second kappa shape index (κ2) is 17.5. The Morgan fingerprint density at radius 1 is 0.765 bits per heavy atom. The van der Waals surface area contributed by atoms with Crippen molar-refractivity contribution in [2.75, 3.05) is 19.6 Å². The summed E-state index contributed by atoms with van der Waals surface area (Å²) in [5.74, 6) is 0. The van der Waals surface area contributed by atoms with Gasteiger partial charge in [-0.2, -0.15) is 0 Å². The van der Waals surface area contributed by atoms with Gasteiger partial charge in [0.25, 0.3) is 0 Å². The Labute approximate surface area is 108 Å². The number of hydrogen-bond acceptors (Lipinski definition) is 2. The Kier molecular flexibility index (Phi) is 19.1. The van der Waals surface area contributed by atoms with Crippen molar-refractivity contribution in [1.82, 2.24) is 10.6 Å². The molecule has 0 bridgehead atoms. The predicted octanol–water partition coefficient (Wildman–Crippen LogP) is 3.44. The summed E-state index contributed by atoms with van der Waals surface area (Å²) in [6.45, 7) is 14.5. The Balaban J connectivity index is 0. The molecule has 0 aromatic heterocycles. The minimum atomic E-state index is 0.983. The van der Waals surface area contributed by atoms with E-state index in [-0.39, 0.29) is 0 Å². The second-order valence-corrected chi connectivity index (χ2v) is 3.22. The van der Waals surface area contributed by atoms with Crippen LogP contribution in [0.5, 0.6) is 0 Å². The van der Waals surface area contributed by atoms with Gasteiger partial charge >= 0.3 is 0 Å². The van der Waals surface area contributed by atoms with E-state index in [1.54, 1.807) is 0 Å². The average Bonchev–Trinajstić information content (AvgIpc) is 2.41. The SMILES string of the molecule is CC.CCNCC.CCNCc1ccccc1. The van der Waals surface area contributed by atoms with Crippen molar-refractivity contribution in [2.45, 2.75) is 41.2 Å². The standard InChI is InChI=1S/C9H13N.C4H11N.C2H6/c1-2-10-8-9-6-4-3-5-7-9;1-3-5-4-2;1-2/h3-7,10H,2,8H2,1H3;5H,3-4H2,1-2H3;1-2H3. The van der Waals surface area contributed by atoms with Crippen molar-refractivity contribution in [3.63, 3.8) is 0 Å². The molecule has 2 nitrogen and oxygen atoms in total. The molecule has 0 atom stereocenters. The molecule has 100 valence electrons. The van der Waals surface area contributed by atoms with Crippen LogP contribution in [0.3, 0.4) is 0 Å². The lowest BCUT2D eigenvalue weighted by Gasteiger charge is -1.99. The largest absolute Gasteiger partial charge is 0.317 e. The van der Waals surface area contributed by atoms with E-state index in [0.717, 1.165) is 26.2 Å². The summed E-state index contributed by atoms with van der Waals surface area (Å²) in [5.41, 5.74) is 1.35. The number of benzene rings is 1. The lowest BCUT2D eigenvalue weighted by Crippen LogP contribution is -2.11. The fourth-order valence-electron chi connectivity index (χ4n) is 1.12. The Morgan fingerprint density at radius 3 is 1.59 bits per heavy atom. The molecule has 0 aliphatic rings. The van der Waals surface area contributed by atoms with Gasteiger partial charge in [0.15, 0.2) is 0 Å². The summed E-state index contributed by atoms with van der Waals surface area (Å²) in [7, 11) is 0. The fourth-order valence-corrected chi connectivity index (χ4v) is 1.12. The van der Waals surface area contributed by atoms with Gasteiger partial charge in [-0.15, -0.1) is 0 Å². The summed E-state index contributed by atoms with van der Waals surface area (Å²) >= 11 is 0. The predicted molar refractivity (Wildman–Crippen MR) is 79.4 cm³/mol. The molecule has 1 aromatic rings. The average molecular weight is 238 g/mol. The zero-order valence-electron chi connectivity index (χ0n) is 12.2. The van der Waals surface area contributed by atoms with Crippen molar-refractivity contribution in [1.29, 1.82) is 0 Å². The number of hydrogen-bond donors (Lipinski definition) is 2. The van der Waals surface area contributed by atoms with Crippen LogP contribution in [0.15, 0.2) is 30.3 Å². The molecule has 1 aromatic carbocycles. The number of nitrogens with one attached hydrogen (secondary N) is 2. The van der Waals surface area contributed by atoms with E-state index in [1.807, 2.05) is 19.9 Å². The van der Waals surface area contributed by atoms with Gasteiger partial charge in [0, 0.05) is 6.54 Å². The van der Waals surface area contributed by atoms with Gasteiger partial charge < -0.3 is 10.6 Å². The molecular weight excluding hydrogens is 208 g/mol.